The Labute approximate surface area is 507 Å². The lowest BCUT2D eigenvalue weighted by molar-refractivity contribution is -0.163. The number of carbonyl (C=O) groups is 12. The number of rotatable bonds is 36. The number of nitrogens with one attached hydrogen (secondary N) is 5. The molecule has 0 saturated carbocycles. The summed E-state index contributed by atoms with van der Waals surface area (Å²) in [7, 11) is 0. The molecule has 0 fully saturated rings. The zero-order valence-corrected chi connectivity index (χ0v) is 54.4. The Bertz CT molecular complexity index is 2110. The van der Waals surface area contributed by atoms with Gasteiger partial charge in [-0.15, -0.1) is 0 Å². The van der Waals surface area contributed by atoms with Gasteiger partial charge in [-0.1, -0.05) is 0 Å². The predicted molar refractivity (Wildman–Crippen MR) is 315 cm³/mol. The molecule has 0 aliphatic carbocycles. The molecule has 0 unspecified atom stereocenters. The van der Waals surface area contributed by atoms with E-state index in [0.717, 1.165) is 0 Å². The number of amides is 5. The molecular formula is C59H103N7O20. The Morgan fingerprint density at radius 1 is 0.372 bits per heavy atom. The first-order valence-corrected chi connectivity index (χ1v) is 29.2. The van der Waals surface area contributed by atoms with E-state index in [4.69, 9.17) is 28.4 Å². The Morgan fingerprint density at radius 3 is 1.02 bits per heavy atom. The van der Waals surface area contributed by atoms with Crippen molar-refractivity contribution in [3.63, 3.8) is 0 Å². The third-order valence-electron chi connectivity index (χ3n) is 11.0. The van der Waals surface area contributed by atoms with E-state index in [2.05, 4.69) is 26.6 Å². The van der Waals surface area contributed by atoms with Gasteiger partial charge in [0.1, 0.15) is 51.7 Å². The van der Waals surface area contributed by atoms with Crippen LogP contribution in [-0.2, 0) is 81.2 Å². The Balaban J connectivity index is 5.71. The third kappa shape index (κ3) is 43.1. The highest BCUT2D eigenvalue weighted by Crippen LogP contribution is 2.22. The summed E-state index contributed by atoms with van der Waals surface area (Å²) < 4.78 is 32.8. The molecular weight excluding hydrogens is 1130 g/mol. The second kappa shape index (κ2) is 36.5. The number of carbonyl (C=O) groups excluding carboxylic acids is 10. The van der Waals surface area contributed by atoms with Crippen LogP contribution in [0.2, 0.25) is 0 Å². The molecule has 494 valence electrons. The fourth-order valence-electron chi connectivity index (χ4n) is 7.74. The van der Waals surface area contributed by atoms with Gasteiger partial charge in [-0.2, -0.15) is 0 Å². The zero-order chi connectivity index (χ0) is 66.6. The topological polar surface area (TPSA) is 367 Å². The zero-order valence-electron chi connectivity index (χ0n) is 54.4. The highest BCUT2D eigenvalue weighted by atomic mass is 16.6. The van der Waals surface area contributed by atoms with Crippen molar-refractivity contribution in [2.75, 3.05) is 52.4 Å². The first kappa shape index (κ1) is 79.4. The lowest BCUT2D eigenvalue weighted by Crippen LogP contribution is -2.53. The van der Waals surface area contributed by atoms with Gasteiger partial charge >= 0.3 is 53.8 Å². The largest absolute Gasteiger partial charge is 0.480 e. The van der Waals surface area contributed by atoms with Crippen molar-refractivity contribution in [1.82, 2.24) is 36.4 Å². The average Bonchev–Trinajstić information content (AvgIpc) is 3.26. The van der Waals surface area contributed by atoms with Gasteiger partial charge in [0, 0.05) is 45.4 Å². The van der Waals surface area contributed by atoms with E-state index >= 15 is 0 Å². The monoisotopic (exact) mass is 1230 g/mol. The number of aliphatic carboxylic acids is 2. The van der Waals surface area contributed by atoms with Gasteiger partial charge in [0.2, 0.25) is 17.7 Å². The highest BCUT2D eigenvalue weighted by molar-refractivity contribution is 5.89. The van der Waals surface area contributed by atoms with Crippen LogP contribution >= 0.6 is 0 Å². The number of nitrogens with zero attached hydrogens (tertiary/aromatic N) is 2. The van der Waals surface area contributed by atoms with Crippen LogP contribution in [0.4, 0.5) is 4.79 Å². The Hall–Kier alpha value is -6.64. The summed E-state index contributed by atoms with van der Waals surface area (Å²) in [5.41, 5.74) is -5.24. The molecule has 0 aliphatic heterocycles. The lowest BCUT2D eigenvalue weighted by atomic mass is 9.97. The van der Waals surface area contributed by atoms with Crippen LogP contribution in [0.15, 0.2) is 0 Å². The molecule has 0 heterocycles. The van der Waals surface area contributed by atoms with Gasteiger partial charge in [0.15, 0.2) is 0 Å². The molecule has 27 heteroatoms. The van der Waals surface area contributed by atoms with Crippen molar-refractivity contribution in [2.24, 2.45) is 5.92 Å². The smallest absolute Gasteiger partial charge is 0.329 e. The molecule has 0 aliphatic rings. The SMILES string of the molecule is CC(C)(C)OC(=O)CC[C@H](CC(=O)N[C@@H](CCCCNC(=O)CN(CCN(CC(=O)O)CC(=O)NCCCC[C@H](NC(=O)N[C@@H](CCC(=O)OC(C)(C)C)C(=O)OC(C)(C)C)C(=O)OC(C)(C)C)CC(=O)O)C(=O)OC(C)(C)C)C(=O)OC(C)(C)C. The van der Waals surface area contributed by atoms with E-state index in [1.807, 2.05) is 0 Å². The molecule has 0 bridgehead atoms. The van der Waals surface area contributed by atoms with Gasteiger partial charge < -0.3 is 65.2 Å². The normalized spacial score (nSPS) is 13.6. The maximum Gasteiger partial charge on any atom is 0.329 e. The van der Waals surface area contributed by atoms with E-state index in [0.29, 0.717) is 6.42 Å². The van der Waals surface area contributed by atoms with Crippen LogP contribution < -0.4 is 26.6 Å². The molecule has 7 N–H and O–H groups in total. The number of carboxylic acid groups (broad SMARTS) is 2. The number of carboxylic acids is 2. The summed E-state index contributed by atoms with van der Waals surface area (Å²) in [5, 5.41) is 32.4. The minimum atomic E-state index is -1.29. The van der Waals surface area contributed by atoms with Crippen molar-refractivity contribution in [3.05, 3.63) is 0 Å². The summed E-state index contributed by atoms with van der Waals surface area (Å²) in [4.78, 5) is 157. The summed E-state index contributed by atoms with van der Waals surface area (Å²) in [6.45, 7) is 27.8. The van der Waals surface area contributed by atoms with E-state index in [1.54, 1.807) is 125 Å². The second-order valence-electron chi connectivity index (χ2n) is 27.0. The minimum Gasteiger partial charge on any atom is -0.480 e. The van der Waals surface area contributed by atoms with Gasteiger partial charge in [0.05, 0.1) is 32.1 Å². The summed E-state index contributed by atoms with van der Waals surface area (Å²) >= 11 is 0. The fraction of sp³-hybridized carbons (Fsp3) is 0.797. The number of ether oxygens (including phenoxy) is 6. The van der Waals surface area contributed by atoms with E-state index < -0.39 is 162 Å². The predicted octanol–water partition coefficient (Wildman–Crippen LogP) is 4.47. The van der Waals surface area contributed by atoms with E-state index in [9.17, 15) is 67.7 Å². The summed E-state index contributed by atoms with van der Waals surface area (Å²) in [5.74, 6) is -9.62. The van der Waals surface area contributed by atoms with Crippen LogP contribution in [0.1, 0.15) is 195 Å². The van der Waals surface area contributed by atoms with E-state index in [1.165, 1.54) is 9.80 Å². The average molecular weight is 1230 g/mol. The maximum absolute atomic E-state index is 13.5. The molecule has 0 aromatic carbocycles. The van der Waals surface area contributed by atoms with Crippen molar-refractivity contribution in [1.29, 1.82) is 0 Å². The molecule has 4 atom stereocenters. The van der Waals surface area contributed by atoms with E-state index in [-0.39, 0.29) is 84.0 Å². The van der Waals surface area contributed by atoms with Crippen molar-refractivity contribution < 1.29 is 96.2 Å². The highest BCUT2D eigenvalue weighted by Gasteiger charge is 2.34. The fourth-order valence-corrected chi connectivity index (χ4v) is 7.74. The van der Waals surface area contributed by atoms with Crippen molar-refractivity contribution in [3.8, 4) is 0 Å². The first-order valence-electron chi connectivity index (χ1n) is 29.2. The van der Waals surface area contributed by atoms with Crippen LogP contribution in [0.25, 0.3) is 0 Å². The Kier molecular flexibility index (Phi) is 33.7. The Morgan fingerprint density at radius 2 is 0.686 bits per heavy atom. The molecule has 27 nitrogen and oxygen atoms in total. The van der Waals surface area contributed by atoms with Crippen LogP contribution in [-0.4, -0.2) is 196 Å². The molecule has 0 saturated heterocycles. The number of esters is 6. The number of hydrogen-bond donors (Lipinski definition) is 7. The van der Waals surface area contributed by atoms with Crippen LogP contribution in [0.3, 0.4) is 0 Å². The quantitative estimate of drug-likeness (QED) is 0.0258. The van der Waals surface area contributed by atoms with Gasteiger partial charge in [-0.25, -0.2) is 19.2 Å². The summed E-state index contributed by atoms with van der Waals surface area (Å²) in [6, 6.07) is -4.58. The van der Waals surface area contributed by atoms with Crippen molar-refractivity contribution in [2.45, 2.75) is 247 Å². The molecule has 86 heavy (non-hydrogen) atoms. The molecule has 0 rings (SSSR count). The number of unbranched alkanes of at least 4 members (excludes halogenated alkanes) is 2. The molecule has 0 radical (unpaired) electrons. The first-order chi connectivity index (χ1) is 39.1. The molecule has 0 aromatic rings. The molecule has 0 aromatic heterocycles. The second-order valence-corrected chi connectivity index (χ2v) is 27.0. The van der Waals surface area contributed by atoms with Crippen LogP contribution in [0, 0.1) is 5.92 Å². The molecule has 0 spiro atoms. The number of hydrogen-bond acceptors (Lipinski definition) is 20. The van der Waals surface area contributed by atoms with Crippen molar-refractivity contribution >= 4 is 71.5 Å². The third-order valence-corrected chi connectivity index (χ3v) is 11.0. The maximum atomic E-state index is 13.5. The minimum absolute atomic E-state index is 0.0295. The van der Waals surface area contributed by atoms with Gasteiger partial charge in [0.25, 0.3) is 0 Å². The van der Waals surface area contributed by atoms with Gasteiger partial charge in [-0.3, -0.25) is 48.2 Å². The van der Waals surface area contributed by atoms with Gasteiger partial charge in [-0.05, 0) is 176 Å². The standard InChI is InChI=1S/C59H103N7O20/c1-54(2,3)81-47(74)27-25-38(49(76)83-56(7,8)9)33-42(67)62-39(50(77)84-57(10,11)12)23-19-21-29-60-43(68)34-65(36-45(70)71)31-32-66(37-46(72)73)35-44(69)61-30-22-20-24-40(51(78)85-58(13,14)15)63-53(80)64-41(52(79)86-59(16,17)18)26-28-48(75)82-55(4,5)6/h38-41H,19-37H2,1-18H3,(H,60,68)(H,61,69)(H,62,67)(H,70,71)(H,72,73)(H2,63,64,80)/t38-,39+,40+,41+/m1/s1. The number of urea groups is 1. The van der Waals surface area contributed by atoms with Crippen LogP contribution in [0.5, 0.6) is 0 Å². The summed E-state index contributed by atoms with van der Waals surface area (Å²) in [6.07, 6.45) is 0.192. The lowest BCUT2D eigenvalue weighted by Gasteiger charge is -2.27. The molecule has 5 amide bonds.